The Morgan fingerprint density at radius 2 is 2.00 bits per heavy atom. The van der Waals surface area contributed by atoms with E-state index in [4.69, 9.17) is 4.52 Å². The van der Waals surface area contributed by atoms with Gasteiger partial charge in [-0.15, -0.1) is 0 Å². The smallest absolute Gasteiger partial charge is 0.223 e. The van der Waals surface area contributed by atoms with Gasteiger partial charge < -0.3 is 25.2 Å². The molecule has 0 atom stereocenters. The van der Waals surface area contributed by atoms with Crippen LogP contribution >= 0.6 is 0 Å². The van der Waals surface area contributed by atoms with Gasteiger partial charge in [0.1, 0.15) is 0 Å². The SMILES string of the molecule is Cc1nc(CCNCc2ccc(O)c(O)c2O)no1. The van der Waals surface area contributed by atoms with Crippen molar-refractivity contribution in [2.45, 2.75) is 19.9 Å². The summed E-state index contributed by atoms with van der Waals surface area (Å²) in [5, 5.41) is 35.0. The minimum Gasteiger partial charge on any atom is -0.504 e. The lowest BCUT2D eigenvalue weighted by Crippen LogP contribution is -2.17. The van der Waals surface area contributed by atoms with E-state index in [1.807, 2.05) is 0 Å². The summed E-state index contributed by atoms with van der Waals surface area (Å²) < 4.78 is 4.84. The number of rotatable bonds is 5. The normalized spacial score (nSPS) is 10.8. The first-order valence-electron chi connectivity index (χ1n) is 5.80. The van der Waals surface area contributed by atoms with Gasteiger partial charge in [0.15, 0.2) is 17.3 Å². The van der Waals surface area contributed by atoms with Gasteiger partial charge in [-0.2, -0.15) is 4.98 Å². The molecule has 0 amide bonds. The van der Waals surface area contributed by atoms with Crippen LogP contribution in [0.4, 0.5) is 0 Å². The third kappa shape index (κ3) is 3.14. The van der Waals surface area contributed by atoms with Crippen LogP contribution in [0.25, 0.3) is 0 Å². The largest absolute Gasteiger partial charge is 0.504 e. The summed E-state index contributed by atoms with van der Waals surface area (Å²) in [5.74, 6) is -0.0293. The second kappa shape index (κ2) is 5.57. The first-order valence-corrected chi connectivity index (χ1v) is 5.80. The van der Waals surface area contributed by atoms with Crippen LogP contribution in [-0.4, -0.2) is 32.0 Å². The Bertz CT molecular complexity index is 568. The molecule has 0 saturated heterocycles. The maximum absolute atomic E-state index is 9.61. The van der Waals surface area contributed by atoms with Gasteiger partial charge >= 0.3 is 0 Å². The number of phenols is 3. The predicted octanol–water partition coefficient (Wildman–Crippen LogP) is 0.827. The van der Waals surface area contributed by atoms with Gasteiger partial charge in [-0.05, 0) is 6.07 Å². The Hall–Kier alpha value is -2.28. The van der Waals surface area contributed by atoms with E-state index in [0.717, 1.165) is 0 Å². The van der Waals surface area contributed by atoms with Crippen molar-refractivity contribution < 1.29 is 19.8 Å². The highest BCUT2D eigenvalue weighted by Gasteiger charge is 2.10. The van der Waals surface area contributed by atoms with Crippen LogP contribution in [0, 0.1) is 6.92 Å². The molecular formula is C12H15N3O4. The summed E-state index contributed by atoms with van der Waals surface area (Å²) in [4.78, 5) is 4.06. The average molecular weight is 265 g/mol. The molecule has 0 aliphatic heterocycles. The van der Waals surface area contributed by atoms with Crippen LogP contribution in [0.15, 0.2) is 16.7 Å². The zero-order valence-corrected chi connectivity index (χ0v) is 10.4. The number of hydrogen-bond donors (Lipinski definition) is 4. The average Bonchev–Trinajstić information content (AvgIpc) is 2.80. The van der Waals surface area contributed by atoms with Crippen molar-refractivity contribution in [1.82, 2.24) is 15.5 Å². The maximum atomic E-state index is 9.61. The molecule has 0 saturated carbocycles. The van der Waals surface area contributed by atoms with E-state index in [0.29, 0.717) is 36.8 Å². The van der Waals surface area contributed by atoms with Crippen molar-refractivity contribution in [2.75, 3.05) is 6.54 Å². The first kappa shape index (κ1) is 13.2. The molecular weight excluding hydrogens is 250 g/mol. The van der Waals surface area contributed by atoms with Gasteiger partial charge in [0, 0.05) is 32.0 Å². The predicted molar refractivity (Wildman–Crippen MR) is 65.9 cm³/mol. The summed E-state index contributed by atoms with van der Waals surface area (Å²) in [5.41, 5.74) is 0.500. The minimum absolute atomic E-state index is 0.317. The molecule has 19 heavy (non-hydrogen) atoms. The van der Waals surface area contributed by atoms with Crippen molar-refractivity contribution in [1.29, 1.82) is 0 Å². The molecule has 0 spiro atoms. The minimum atomic E-state index is -0.506. The van der Waals surface area contributed by atoms with E-state index >= 15 is 0 Å². The van der Waals surface area contributed by atoms with E-state index in [1.165, 1.54) is 12.1 Å². The number of nitrogens with one attached hydrogen (secondary N) is 1. The van der Waals surface area contributed by atoms with E-state index in [9.17, 15) is 15.3 Å². The molecule has 102 valence electrons. The highest BCUT2D eigenvalue weighted by Crippen LogP contribution is 2.36. The van der Waals surface area contributed by atoms with E-state index in [1.54, 1.807) is 6.92 Å². The molecule has 0 unspecified atom stereocenters. The Kier molecular flexibility index (Phi) is 3.86. The highest BCUT2D eigenvalue weighted by molar-refractivity contribution is 5.52. The summed E-state index contributed by atoms with van der Waals surface area (Å²) in [6.07, 6.45) is 0.599. The van der Waals surface area contributed by atoms with E-state index in [-0.39, 0.29) is 11.5 Å². The van der Waals surface area contributed by atoms with Gasteiger partial charge in [0.2, 0.25) is 11.6 Å². The molecule has 0 fully saturated rings. The van der Waals surface area contributed by atoms with Gasteiger partial charge in [-0.3, -0.25) is 0 Å². The number of benzene rings is 1. The molecule has 1 aromatic carbocycles. The topological polar surface area (TPSA) is 112 Å². The number of aromatic nitrogens is 2. The summed E-state index contributed by atoms with van der Waals surface area (Å²) >= 11 is 0. The van der Waals surface area contributed by atoms with Crippen LogP contribution in [0.5, 0.6) is 17.2 Å². The summed E-state index contributed by atoms with van der Waals surface area (Å²) in [7, 11) is 0. The number of phenolic OH excluding ortho intramolecular Hbond substituents is 3. The molecule has 1 aromatic heterocycles. The maximum Gasteiger partial charge on any atom is 0.223 e. The lowest BCUT2D eigenvalue weighted by atomic mass is 10.1. The molecule has 0 aliphatic rings. The molecule has 1 heterocycles. The molecule has 0 bridgehead atoms. The number of nitrogens with zero attached hydrogens (tertiary/aromatic N) is 2. The first-order chi connectivity index (χ1) is 9.08. The second-order valence-electron chi connectivity index (χ2n) is 4.10. The number of aryl methyl sites for hydroxylation is 1. The van der Waals surface area contributed by atoms with Gasteiger partial charge in [-0.25, -0.2) is 0 Å². The van der Waals surface area contributed by atoms with Gasteiger partial charge in [0.05, 0.1) is 0 Å². The molecule has 2 rings (SSSR count). The highest BCUT2D eigenvalue weighted by atomic mass is 16.5. The summed E-state index contributed by atoms with van der Waals surface area (Å²) in [6, 6.07) is 2.87. The fourth-order valence-corrected chi connectivity index (χ4v) is 1.62. The van der Waals surface area contributed by atoms with E-state index < -0.39 is 5.75 Å². The number of hydrogen-bond acceptors (Lipinski definition) is 7. The molecule has 0 aliphatic carbocycles. The molecule has 4 N–H and O–H groups in total. The van der Waals surface area contributed by atoms with Crippen molar-refractivity contribution in [3.05, 3.63) is 29.4 Å². The van der Waals surface area contributed by atoms with Crippen LogP contribution in [0.3, 0.4) is 0 Å². The third-order valence-corrected chi connectivity index (χ3v) is 2.62. The fourth-order valence-electron chi connectivity index (χ4n) is 1.62. The van der Waals surface area contributed by atoms with Crippen LogP contribution < -0.4 is 5.32 Å². The number of aromatic hydroxyl groups is 3. The standard InChI is InChI=1S/C12H15N3O4/c1-7-14-10(15-19-7)4-5-13-6-8-2-3-9(16)12(18)11(8)17/h2-3,13,16-18H,4-6H2,1H3. The third-order valence-electron chi connectivity index (χ3n) is 2.62. The van der Waals surface area contributed by atoms with Crippen LogP contribution in [0.2, 0.25) is 0 Å². The van der Waals surface area contributed by atoms with Crippen molar-refractivity contribution in [3.8, 4) is 17.2 Å². The van der Waals surface area contributed by atoms with Crippen LogP contribution in [-0.2, 0) is 13.0 Å². The molecule has 0 radical (unpaired) electrons. The van der Waals surface area contributed by atoms with Crippen molar-refractivity contribution in [2.24, 2.45) is 0 Å². The zero-order valence-electron chi connectivity index (χ0n) is 10.4. The Morgan fingerprint density at radius 1 is 1.21 bits per heavy atom. The fraction of sp³-hybridized carbons (Fsp3) is 0.333. The van der Waals surface area contributed by atoms with Crippen LogP contribution in [0.1, 0.15) is 17.3 Å². The second-order valence-corrected chi connectivity index (χ2v) is 4.10. The monoisotopic (exact) mass is 265 g/mol. The van der Waals surface area contributed by atoms with Crippen molar-refractivity contribution >= 4 is 0 Å². The van der Waals surface area contributed by atoms with Gasteiger partial charge in [0.25, 0.3) is 0 Å². The van der Waals surface area contributed by atoms with E-state index in [2.05, 4.69) is 15.5 Å². The lowest BCUT2D eigenvalue weighted by Gasteiger charge is -2.08. The van der Waals surface area contributed by atoms with Crippen molar-refractivity contribution in [3.63, 3.8) is 0 Å². The lowest BCUT2D eigenvalue weighted by molar-refractivity contribution is 0.364. The Morgan fingerprint density at radius 3 is 2.68 bits per heavy atom. The Balaban J connectivity index is 1.84. The summed E-state index contributed by atoms with van der Waals surface area (Å²) in [6.45, 7) is 2.68. The quantitative estimate of drug-likeness (QED) is 0.468. The molecule has 7 nitrogen and oxygen atoms in total. The molecule has 7 heteroatoms. The Labute approximate surface area is 109 Å². The zero-order chi connectivity index (χ0) is 13.8. The molecule has 2 aromatic rings. The van der Waals surface area contributed by atoms with Gasteiger partial charge in [-0.1, -0.05) is 11.2 Å².